The number of carbonyl (C=O) groups excluding carboxylic acids is 1. The SMILES string of the molecule is NC(=O)CN(CC(=O)O)Cc1ccc(F)cc1. The predicted molar refractivity (Wildman–Crippen MR) is 58.5 cm³/mol. The van der Waals surface area contributed by atoms with Crippen LogP contribution in [0.1, 0.15) is 5.56 Å². The first-order valence-electron chi connectivity index (χ1n) is 4.94. The van der Waals surface area contributed by atoms with Crippen molar-refractivity contribution in [3.8, 4) is 0 Å². The number of benzene rings is 1. The molecule has 0 atom stereocenters. The Morgan fingerprint density at radius 1 is 1.24 bits per heavy atom. The van der Waals surface area contributed by atoms with Crippen LogP contribution >= 0.6 is 0 Å². The fraction of sp³-hybridized carbons (Fsp3) is 0.273. The van der Waals surface area contributed by atoms with Crippen LogP contribution in [0.2, 0.25) is 0 Å². The van der Waals surface area contributed by atoms with Crippen LogP contribution in [0.3, 0.4) is 0 Å². The second-order valence-electron chi connectivity index (χ2n) is 3.63. The normalized spacial score (nSPS) is 10.5. The quantitative estimate of drug-likeness (QED) is 0.743. The number of aliphatic carboxylic acids is 1. The lowest BCUT2D eigenvalue weighted by Crippen LogP contribution is -2.36. The van der Waals surface area contributed by atoms with Crippen LogP contribution in [0.5, 0.6) is 0 Å². The summed E-state index contributed by atoms with van der Waals surface area (Å²) in [6.45, 7) is -0.209. The summed E-state index contributed by atoms with van der Waals surface area (Å²) in [5.74, 6) is -2.02. The van der Waals surface area contributed by atoms with E-state index in [2.05, 4.69) is 0 Å². The van der Waals surface area contributed by atoms with Gasteiger partial charge in [-0.1, -0.05) is 12.1 Å². The van der Waals surface area contributed by atoms with E-state index in [0.29, 0.717) is 5.56 Å². The summed E-state index contributed by atoms with van der Waals surface area (Å²) in [5, 5.41) is 8.67. The summed E-state index contributed by atoms with van der Waals surface area (Å²) in [6.07, 6.45) is 0. The summed E-state index contributed by atoms with van der Waals surface area (Å²) in [6, 6.07) is 5.62. The second-order valence-corrected chi connectivity index (χ2v) is 3.63. The Labute approximate surface area is 97.6 Å². The predicted octanol–water partition coefficient (Wildman–Crippen LogP) is 0.198. The smallest absolute Gasteiger partial charge is 0.317 e. The molecule has 17 heavy (non-hydrogen) atoms. The molecule has 1 amide bonds. The third kappa shape index (κ3) is 5.07. The topological polar surface area (TPSA) is 83.6 Å². The van der Waals surface area contributed by atoms with Crippen molar-refractivity contribution in [1.82, 2.24) is 4.90 Å². The Kier molecular flexibility index (Phi) is 4.59. The van der Waals surface area contributed by atoms with Crippen molar-refractivity contribution < 1.29 is 19.1 Å². The molecule has 1 rings (SSSR count). The molecule has 0 saturated carbocycles. The molecule has 0 aliphatic heterocycles. The highest BCUT2D eigenvalue weighted by molar-refractivity contribution is 5.77. The minimum absolute atomic E-state index is 0.149. The fourth-order valence-corrected chi connectivity index (χ4v) is 1.43. The van der Waals surface area contributed by atoms with Gasteiger partial charge in [0.1, 0.15) is 5.82 Å². The molecule has 0 saturated heterocycles. The molecule has 0 heterocycles. The highest BCUT2D eigenvalue weighted by Gasteiger charge is 2.12. The molecule has 0 bridgehead atoms. The molecule has 0 aliphatic rings. The van der Waals surface area contributed by atoms with Crippen LogP contribution < -0.4 is 5.73 Å². The number of nitrogens with two attached hydrogens (primary N) is 1. The first-order valence-corrected chi connectivity index (χ1v) is 4.94. The number of carbonyl (C=O) groups is 2. The van der Waals surface area contributed by atoms with Crippen molar-refractivity contribution in [3.63, 3.8) is 0 Å². The maximum Gasteiger partial charge on any atom is 0.317 e. The van der Waals surface area contributed by atoms with Gasteiger partial charge in [0.25, 0.3) is 0 Å². The Bertz CT molecular complexity index is 390. The van der Waals surface area contributed by atoms with Crippen molar-refractivity contribution in [2.45, 2.75) is 6.54 Å². The Morgan fingerprint density at radius 3 is 2.29 bits per heavy atom. The van der Waals surface area contributed by atoms with Crippen LogP contribution in [0, 0.1) is 5.82 Å². The third-order valence-electron chi connectivity index (χ3n) is 2.06. The largest absolute Gasteiger partial charge is 0.480 e. The first-order chi connectivity index (χ1) is 7.97. The average Bonchev–Trinajstić information content (AvgIpc) is 2.19. The molecule has 0 fully saturated rings. The second kappa shape index (κ2) is 5.95. The van der Waals surface area contributed by atoms with Crippen LogP contribution in [0.4, 0.5) is 4.39 Å². The molecule has 6 heteroatoms. The van der Waals surface area contributed by atoms with Crippen LogP contribution in [0.25, 0.3) is 0 Å². The summed E-state index contributed by atoms with van der Waals surface area (Å²) in [7, 11) is 0. The van der Waals surface area contributed by atoms with Gasteiger partial charge in [-0.3, -0.25) is 14.5 Å². The Hall–Kier alpha value is -1.95. The summed E-state index contributed by atoms with van der Waals surface area (Å²) in [4.78, 5) is 22.7. The van der Waals surface area contributed by atoms with Crippen molar-refractivity contribution in [2.75, 3.05) is 13.1 Å². The van der Waals surface area contributed by atoms with E-state index >= 15 is 0 Å². The number of carboxylic acids is 1. The number of primary amides is 1. The van der Waals surface area contributed by atoms with Crippen molar-refractivity contribution in [3.05, 3.63) is 35.6 Å². The number of nitrogens with zero attached hydrogens (tertiary/aromatic N) is 1. The zero-order valence-corrected chi connectivity index (χ0v) is 9.10. The maximum absolute atomic E-state index is 12.7. The number of carboxylic acid groups (broad SMARTS) is 1. The van der Waals surface area contributed by atoms with Gasteiger partial charge in [0.15, 0.2) is 0 Å². The van der Waals surface area contributed by atoms with Crippen molar-refractivity contribution in [1.29, 1.82) is 0 Å². The maximum atomic E-state index is 12.7. The monoisotopic (exact) mass is 240 g/mol. The average molecular weight is 240 g/mol. The molecule has 5 nitrogen and oxygen atoms in total. The van der Waals surface area contributed by atoms with Gasteiger partial charge < -0.3 is 10.8 Å². The van der Waals surface area contributed by atoms with Gasteiger partial charge in [-0.2, -0.15) is 0 Å². The highest BCUT2D eigenvalue weighted by Crippen LogP contribution is 2.06. The molecule has 0 aliphatic carbocycles. The van der Waals surface area contributed by atoms with E-state index in [0.717, 1.165) is 0 Å². The number of hydrogen-bond donors (Lipinski definition) is 2. The van der Waals surface area contributed by atoms with E-state index in [-0.39, 0.29) is 25.5 Å². The van der Waals surface area contributed by atoms with Gasteiger partial charge in [0.05, 0.1) is 13.1 Å². The van der Waals surface area contributed by atoms with Gasteiger partial charge in [0, 0.05) is 6.54 Å². The lowest BCUT2D eigenvalue weighted by Gasteiger charge is -2.18. The van der Waals surface area contributed by atoms with Gasteiger partial charge in [0.2, 0.25) is 5.91 Å². The summed E-state index contributed by atoms with van der Waals surface area (Å²) < 4.78 is 12.7. The molecule has 3 N–H and O–H groups in total. The number of halogens is 1. The molecule has 92 valence electrons. The minimum atomic E-state index is -1.05. The molecular weight excluding hydrogens is 227 g/mol. The van der Waals surface area contributed by atoms with Crippen molar-refractivity contribution >= 4 is 11.9 Å². The summed E-state index contributed by atoms with van der Waals surface area (Å²) >= 11 is 0. The highest BCUT2D eigenvalue weighted by atomic mass is 19.1. The number of hydrogen-bond acceptors (Lipinski definition) is 3. The Balaban J connectivity index is 2.67. The van der Waals surface area contributed by atoms with E-state index in [1.165, 1.54) is 29.2 Å². The standard InChI is InChI=1S/C11H13FN2O3/c12-9-3-1-8(2-4-9)5-14(6-10(13)15)7-11(16)17/h1-4H,5-7H2,(H2,13,15)(H,16,17). The van der Waals surface area contributed by atoms with Crippen LogP contribution in [-0.4, -0.2) is 35.0 Å². The molecule has 0 spiro atoms. The molecule has 1 aromatic rings. The van der Waals surface area contributed by atoms with E-state index in [1.807, 2.05) is 0 Å². The lowest BCUT2D eigenvalue weighted by atomic mass is 10.2. The zero-order chi connectivity index (χ0) is 12.8. The van der Waals surface area contributed by atoms with Crippen molar-refractivity contribution in [2.24, 2.45) is 5.73 Å². The van der Waals surface area contributed by atoms with Crippen LogP contribution in [-0.2, 0) is 16.1 Å². The molecule has 1 aromatic carbocycles. The van der Waals surface area contributed by atoms with Gasteiger partial charge in [-0.25, -0.2) is 4.39 Å². The molecule has 0 aromatic heterocycles. The minimum Gasteiger partial charge on any atom is -0.480 e. The van der Waals surface area contributed by atoms with E-state index in [9.17, 15) is 14.0 Å². The van der Waals surface area contributed by atoms with Gasteiger partial charge >= 0.3 is 5.97 Å². The van der Waals surface area contributed by atoms with Gasteiger partial charge in [-0.05, 0) is 17.7 Å². The fourth-order valence-electron chi connectivity index (χ4n) is 1.43. The van der Waals surface area contributed by atoms with Crippen LogP contribution in [0.15, 0.2) is 24.3 Å². The first kappa shape index (κ1) is 13.1. The molecule has 0 unspecified atom stereocenters. The van der Waals surface area contributed by atoms with Gasteiger partial charge in [-0.15, -0.1) is 0 Å². The number of rotatable bonds is 6. The van der Waals surface area contributed by atoms with E-state index in [4.69, 9.17) is 10.8 Å². The van der Waals surface area contributed by atoms with E-state index < -0.39 is 11.9 Å². The summed E-state index contributed by atoms with van der Waals surface area (Å²) in [5.41, 5.74) is 5.73. The Morgan fingerprint density at radius 2 is 1.82 bits per heavy atom. The number of amides is 1. The molecule has 0 radical (unpaired) electrons. The molecular formula is C11H13FN2O3. The van der Waals surface area contributed by atoms with E-state index in [1.54, 1.807) is 0 Å². The lowest BCUT2D eigenvalue weighted by molar-refractivity contribution is -0.138. The third-order valence-corrected chi connectivity index (χ3v) is 2.06. The zero-order valence-electron chi connectivity index (χ0n) is 9.10.